The van der Waals surface area contributed by atoms with E-state index in [-0.39, 0.29) is 6.04 Å². The zero-order valence-corrected chi connectivity index (χ0v) is 9.54. The van der Waals surface area contributed by atoms with Crippen LogP contribution >= 0.6 is 0 Å². The first-order valence-electron chi connectivity index (χ1n) is 5.75. The van der Waals surface area contributed by atoms with Gasteiger partial charge in [0.25, 0.3) is 6.01 Å². The zero-order valence-electron chi connectivity index (χ0n) is 9.54. The first-order chi connectivity index (χ1) is 8.72. The van der Waals surface area contributed by atoms with Gasteiger partial charge in [0.1, 0.15) is 5.52 Å². The fourth-order valence-electron chi connectivity index (χ4n) is 2.08. The van der Waals surface area contributed by atoms with Gasteiger partial charge in [0.05, 0.1) is 5.92 Å². The zero-order chi connectivity index (χ0) is 12.5. The summed E-state index contributed by atoms with van der Waals surface area (Å²) in [5.74, 6) is -1.22. The summed E-state index contributed by atoms with van der Waals surface area (Å²) in [7, 11) is 0. The highest BCUT2D eigenvalue weighted by Gasteiger charge is 2.25. The first-order valence-corrected chi connectivity index (χ1v) is 5.75. The second kappa shape index (κ2) is 4.18. The molecule has 1 heterocycles. The van der Waals surface area contributed by atoms with Gasteiger partial charge < -0.3 is 14.8 Å². The van der Waals surface area contributed by atoms with Crippen molar-refractivity contribution in [2.24, 2.45) is 5.92 Å². The van der Waals surface area contributed by atoms with E-state index in [4.69, 9.17) is 9.52 Å². The van der Waals surface area contributed by atoms with Crippen LogP contribution in [0.3, 0.4) is 0 Å². The molecule has 0 amide bonds. The molecule has 1 aromatic carbocycles. The molecule has 0 fully saturated rings. The number of nitrogens with zero attached hydrogens (tertiary/aromatic N) is 1. The molecular weight excluding hydrogens is 232 g/mol. The SMILES string of the molecule is O=C(O)C1C=CC(Nc2nc3ccccc3o2)C1. The van der Waals surface area contributed by atoms with Crippen LogP contribution in [-0.2, 0) is 4.79 Å². The molecule has 0 spiro atoms. The van der Waals surface area contributed by atoms with Crippen molar-refractivity contribution in [1.82, 2.24) is 4.98 Å². The van der Waals surface area contributed by atoms with Crippen LogP contribution in [0, 0.1) is 5.92 Å². The average Bonchev–Trinajstić information content (AvgIpc) is 2.94. The second-order valence-electron chi connectivity index (χ2n) is 4.30. The summed E-state index contributed by atoms with van der Waals surface area (Å²) in [6.45, 7) is 0. The third-order valence-corrected chi connectivity index (χ3v) is 3.00. The lowest BCUT2D eigenvalue weighted by atomic mass is 10.1. The number of hydrogen-bond acceptors (Lipinski definition) is 4. The van der Waals surface area contributed by atoms with Crippen molar-refractivity contribution in [3.05, 3.63) is 36.4 Å². The number of aromatic nitrogens is 1. The minimum Gasteiger partial charge on any atom is -0.481 e. The number of hydrogen-bond donors (Lipinski definition) is 2. The maximum absolute atomic E-state index is 10.8. The van der Waals surface area contributed by atoms with Crippen LogP contribution in [0.25, 0.3) is 11.1 Å². The Hall–Kier alpha value is -2.30. The van der Waals surface area contributed by atoms with Crippen LogP contribution < -0.4 is 5.32 Å². The van der Waals surface area contributed by atoms with E-state index < -0.39 is 11.9 Å². The highest BCUT2D eigenvalue weighted by Crippen LogP contribution is 2.23. The van der Waals surface area contributed by atoms with Gasteiger partial charge in [-0.1, -0.05) is 24.3 Å². The summed E-state index contributed by atoms with van der Waals surface area (Å²) in [5.41, 5.74) is 1.51. The lowest BCUT2D eigenvalue weighted by molar-refractivity contribution is -0.140. The maximum Gasteiger partial charge on any atom is 0.310 e. The van der Waals surface area contributed by atoms with Gasteiger partial charge in [0.15, 0.2) is 5.58 Å². The molecule has 0 bridgehead atoms. The molecule has 2 unspecified atom stereocenters. The minimum absolute atomic E-state index is 0.0424. The van der Waals surface area contributed by atoms with E-state index >= 15 is 0 Å². The number of anilines is 1. The van der Waals surface area contributed by atoms with Crippen molar-refractivity contribution in [3.8, 4) is 0 Å². The number of para-hydroxylation sites is 2. The predicted molar refractivity (Wildman–Crippen MR) is 66.3 cm³/mol. The lowest BCUT2D eigenvalue weighted by Crippen LogP contribution is -2.18. The Morgan fingerprint density at radius 3 is 2.94 bits per heavy atom. The van der Waals surface area contributed by atoms with Crippen LogP contribution in [-0.4, -0.2) is 22.1 Å². The number of carboxylic acids is 1. The summed E-state index contributed by atoms with van der Waals surface area (Å²) in [4.78, 5) is 15.1. The van der Waals surface area contributed by atoms with Gasteiger partial charge in [0.2, 0.25) is 0 Å². The van der Waals surface area contributed by atoms with Gasteiger partial charge >= 0.3 is 5.97 Å². The number of rotatable bonds is 3. The number of benzene rings is 1. The Morgan fingerprint density at radius 1 is 1.39 bits per heavy atom. The molecule has 0 radical (unpaired) electrons. The third kappa shape index (κ3) is 1.95. The Bertz CT molecular complexity index is 584. The molecule has 3 rings (SSSR count). The molecular formula is C13H12N2O3. The standard InChI is InChI=1S/C13H12N2O3/c16-12(17)8-5-6-9(7-8)14-13-15-10-3-1-2-4-11(10)18-13/h1-6,8-9H,7H2,(H,14,15)(H,16,17). The number of carboxylic acid groups (broad SMARTS) is 1. The van der Waals surface area contributed by atoms with E-state index in [0.717, 1.165) is 11.1 Å². The van der Waals surface area contributed by atoms with Gasteiger partial charge in [-0.25, -0.2) is 0 Å². The van der Waals surface area contributed by atoms with Gasteiger partial charge in [-0.2, -0.15) is 4.98 Å². The van der Waals surface area contributed by atoms with E-state index in [9.17, 15) is 4.79 Å². The number of fused-ring (bicyclic) bond motifs is 1. The summed E-state index contributed by atoms with van der Waals surface area (Å²) >= 11 is 0. The monoisotopic (exact) mass is 244 g/mol. The largest absolute Gasteiger partial charge is 0.481 e. The normalized spacial score (nSPS) is 22.4. The summed E-state index contributed by atoms with van der Waals surface area (Å²) in [6, 6.07) is 7.88. The van der Waals surface area contributed by atoms with E-state index in [0.29, 0.717) is 12.4 Å². The van der Waals surface area contributed by atoms with Gasteiger partial charge in [-0.05, 0) is 18.6 Å². The van der Waals surface area contributed by atoms with Gasteiger partial charge in [0, 0.05) is 6.04 Å². The Balaban J connectivity index is 1.74. The molecule has 5 heteroatoms. The molecule has 92 valence electrons. The predicted octanol–water partition coefficient (Wildman–Crippen LogP) is 2.27. The Labute approximate surface area is 103 Å². The Kier molecular flexibility index (Phi) is 2.51. The van der Waals surface area contributed by atoms with Crippen LogP contribution in [0.5, 0.6) is 0 Å². The van der Waals surface area contributed by atoms with Crippen molar-refractivity contribution >= 4 is 23.1 Å². The number of nitrogens with one attached hydrogen (secondary N) is 1. The minimum atomic E-state index is -0.798. The molecule has 1 aromatic heterocycles. The first kappa shape index (κ1) is 10.8. The fraction of sp³-hybridized carbons (Fsp3) is 0.231. The van der Waals surface area contributed by atoms with Crippen LogP contribution in [0.1, 0.15) is 6.42 Å². The number of carbonyl (C=O) groups is 1. The van der Waals surface area contributed by atoms with Crippen molar-refractivity contribution in [1.29, 1.82) is 0 Å². The molecule has 0 saturated carbocycles. The molecule has 1 aliphatic carbocycles. The number of aliphatic carboxylic acids is 1. The summed E-state index contributed by atoms with van der Waals surface area (Å²) in [5, 5.41) is 12.0. The topological polar surface area (TPSA) is 75.4 Å². The second-order valence-corrected chi connectivity index (χ2v) is 4.30. The maximum atomic E-state index is 10.8. The van der Waals surface area contributed by atoms with Crippen LogP contribution in [0.4, 0.5) is 6.01 Å². The summed E-state index contributed by atoms with van der Waals surface area (Å²) < 4.78 is 5.52. The smallest absolute Gasteiger partial charge is 0.310 e. The molecule has 18 heavy (non-hydrogen) atoms. The van der Waals surface area contributed by atoms with Crippen LogP contribution in [0.15, 0.2) is 40.8 Å². The molecule has 2 N–H and O–H groups in total. The van der Waals surface area contributed by atoms with E-state index in [1.807, 2.05) is 30.3 Å². The van der Waals surface area contributed by atoms with E-state index in [1.165, 1.54) is 0 Å². The van der Waals surface area contributed by atoms with Crippen molar-refractivity contribution < 1.29 is 14.3 Å². The van der Waals surface area contributed by atoms with Gasteiger partial charge in [-0.15, -0.1) is 0 Å². The van der Waals surface area contributed by atoms with Crippen molar-refractivity contribution in [2.75, 3.05) is 5.32 Å². The molecule has 1 aliphatic rings. The summed E-state index contributed by atoms with van der Waals surface area (Å²) in [6.07, 6.45) is 4.06. The van der Waals surface area contributed by atoms with Gasteiger partial charge in [-0.3, -0.25) is 4.79 Å². The fourth-order valence-corrected chi connectivity index (χ4v) is 2.08. The van der Waals surface area contributed by atoms with Crippen molar-refractivity contribution in [3.63, 3.8) is 0 Å². The molecule has 5 nitrogen and oxygen atoms in total. The highest BCUT2D eigenvalue weighted by atomic mass is 16.4. The quantitative estimate of drug-likeness (QED) is 0.810. The highest BCUT2D eigenvalue weighted by molar-refractivity contribution is 5.75. The molecule has 2 atom stereocenters. The average molecular weight is 244 g/mol. The van der Waals surface area contributed by atoms with E-state index in [2.05, 4.69) is 10.3 Å². The van der Waals surface area contributed by atoms with E-state index in [1.54, 1.807) is 6.08 Å². The Morgan fingerprint density at radius 2 is 2.22 bits per heavy atom. The molecule has 0 aliphatic heterocycles. The third-order valence-electron chi connectivity index (χ3n) is 3.00. The molecule has 2 aromatic rings. The molecule has 0 saturated heterocycles. The van der Waals surface area contributed by atoms with Crippen molar-refractivity contribution in [2.45, 2.75) is 12.5 Å². The number of oxazole rings is 1. The lowest BCUT2D eigenvalue weighted by Gasteiger charge is -2.09. The van der Waals surface area contributed by atoms with Crippen LogP contribution in [0.2, 0.25) is 0 Å².